The molecular weight excluding hydrogens is 498 g/mol. The van der Waals surface area contributed by atoms with Crippen molar-refractivity contribution in [2.45, 2.75) is 38.8 Å². The van der Waals surface area contributed by atoms with Gasteiger partial charge in [0.05, 0.1) is 24.6 Å². The number of para-hydroxylation sites is 1. The number of hydrogen-bond donors (Lipinski definition) is 3. The van der Waals surface area contributed by atoms with Crippen LogP contribution < -0.4 is 5.32 Å². The average molecular weight is 530 g/mol. The lowest BCUT2D eigenvalue weighted by atomic mass is 9.94. The van der Waals surface area contributed by atoms with Crippen molar-refractivity contribution in [3.05, 3.63) is 119 Å². The lowest BCUT2D eigenvalue weighted by molar-refractivity contribution is 0.0960. The monoisotopic (exact) mass is 529 g/mol. The number of aromatic amines is 1. The molecule has 0 fully saturated rings. The van der Waals surface area contributed by atoms with Gasteiger partial charge < -0.3 is 24.5 Å². The van der Waals surface area contributed by atoms with E-state index in [1.165, 1.54) is 22.0 Å². The van der Waals surface area contributed by atoms with Gasteiger partial charge in [-0.3, -0.25) is 4.79 Å². The van der Waals surface area contributed by atoms with Crippen LogP contribution in [0.5, 0.6) is 5.75 Å². The van der Waals surface area contributed by atoms with Crippen LogP contribution in [-0.2, 0) is 26.4 Å². The third-order valence-corrected chi connectivity index (χ3v) is 8.11. The Bertz CT molecular complexity index is 1910. The van der Waals surface area contributed by atoms with Crippen LogP contribution in [-0.4, -0.2) is 30.1 Å². The van der Waals surface area contributed by atoms with Gasteiger partial charge in [0, 0.05) is 58.1 Å². The molecule has 0 saturated carbocycles. The third kappa shape index (κ3) is 4.14. The van der Waals surface area contributed by atoms with Crippen molar-refractivity contribution in [2.24, 2.45) is 7.05 Å². The second kappa shape index (κ2) is 9.45. The molecule has 3 N–H and O–H groups in total. The highest BCUT2D eigenvalue weighted by Crippen LogP contribution is 2.39. The first-order valence-electron chi connectivity index (χ1n) is 13.7. The predicted molar refractivity (Wildman–Crippen MR) is 157 cm³/mol. The molecule has 0 aliphatic carbocycles. The van der Waals surface area contributed by atoms with Gasteiger partial charge >= 0.3 is 0 Å². The molecule has 7 heteroatoms. The number of nitrogens with one attached hydrogen (secondary N) is 2. The van der Waals surface area contributed by atoms with Gasteiger partial charge in [-0.25, -0.2) is 4.98 Å². The summed E-state index contributed by atoms with van der Waals surface area (Å²) in [7, 11) is 2.00. The van der Waals surface area contributed by atoms with E-state index in [1.54, 1.807) is 18.2 Å². The summed E-state index contributed by atoms with van der Waals surface area (Å²) in [5, 5.41) is 15.7. The number of H-pyrrole nitrogens is 1. The molecule has 1 amide bonds. The molecule has 1 aliphatic heterocycles. The summed E-state index contributed by atoms with van der Waals surface area (Å²) >= 11 is 0. The van der Waals surface area contributed by atoms with Crippen molar-refractivity contribution in [1.82, 2.24) is 24.4 Å². The molecule has 3 aromatic carbocycles. The van der Waals surface area contributed by atoms with Crippen LogP contribution in [0.25, 0.3) is 21.8 Å². The molecule has 200 valence electrons. The predicted octanol–water partition coefficient (Wildman–Crippen LogP) is 5.93. The summed E-state index contributed by atoms with van der Waals surface area (Å²) in [5.74, 6) is 0.0635. The van der Waals surface area contributed by atoms with Gasteiger partial charge in [0.2, 0.25) is 0 Å². The molecule has 0 spiro atoms. The number of benzene rings is 3. The number of amides is 1. The van der Waals surface area contributed by atoms with E-state index in [9.17, 15) is 9.90 Å². The molecule has 3 aromatic heterocycles. The number of rotatable bonds is 7. The van der Waals surface area contributed by atoms with E-state index in [0.717, 1.165) is 59.2 Å². The highest BCUT2D eigenvalue weighted by Gasteiger charge is 2.33. The van der Waals surface area contributed by atoms with Gasteiger partial charge in [-0.2, -0.15) is 0 Å². The number of aromatic hydroxyl groups is 1. The Morgan fingerprint density at radius 1 is 1.00 bits per heavy atom. The van der Waals surface area contributed by atoms with Crippen LogP contribution >= 0.6 is 0 Å². The van der Waals surface area contributed by atoms with Crippen LogP contribution in [0.4, 0.5) is 0 Å². The Hall–Kier alpha value is -4.78. The van der Waals surface area contributed by atoms with Crippen LogP contribution in [0, 0.1) is 6.92 Å². The zero-order valence-corrected chi connectivity index (χ0v) is 22.6. The quantitative estimate of drug-likeness (QED) is 0.240. The Balaban J connectivity index is 1.16. The molecule has 1 atom stereocenters. The van der Waals surface area contributed by atoms with Crippen LogP contribution in [0.2, 0.25) is 0 Å². The highest BCUT2D eigenvalue weighted by molar-refractivity contribution is 6.01. The summed E-state index contributed by atoms with van der Waals surface area (Å²) < 4.78 is 4.28. The van der Waals surface area contributed by atoms with E-state index in [1.807, 2.05) is 30.1 Å². The Morgan fingerprint density at radius 2 is 1.88 bits per heavy atom. The molecule has 7 rings (SSSR count). The smallest absolute Gasteiger partial charge is 0.252 e. The number of phenolic OH excluding ortho intramolecular Hbond substituents is 1. The van der Waals surface area contributed by atoms with Crippen LogP contribution in [0.1, 0.15) is 56.5 Å². The van der Waals surface area contributed by atoms with Crippen LogP contribution in [0.15, 0.2) is 79.4 Å². The molecule has 6 aromatic rings. The summed E-state index contributed by atoms with van der Waals surface area (Å²) in [6.45, 7) is 2.91. The number of imidazole rings is 1. The highest BCUT2D eigenvalue weighted by atomic mass is 16.3. The zero-order chi connectivity index (χ0) is 27.4. The molecular formula is C33H31N5O2. The average Bonchev–Trinajstić information content (AvgIpc) is 3.68. The fraction of sp³-hybridized carbons (Fsp3) is 0.212. The molecule has 0 bridgehead atoms. The molecule has 40 heavy (non-hydrogen) atoms. The maximum Gasteiger partial charge on any atom is 0.252 e. The number of carbonyl (C=O) groups excluding carboxylic acids is 1. The lowest BCUT2D eigenvalue weighted by Crippen LogP contribution is -2.20. The minimum Gasteiger partial charge on any atom is -0.508 e. The van der Waals surface area contributed by atoms with Gasteiger partial charge in [0.25, 0.3) is 5.91 Å². The first-order valence-corrected chi connectivity index (χ1v) is 13.7. The molecule has 0 saturated heterocycles. The lowest BCUT2D eigenvalue weighted by Gasteiger charge is -2.15. The van der Waals surface area contributed by atoms with E-state index in [0.29, 0.717) is 5.56 Å². The van der Waals surface area contributed by atoms with Crippen molar-refractivity contribution < 1.29 is 9.90 Å². The summed E-state index contributed by atoms with van der Waals surface area (Å²) in [6.07, 6.45) is 8.86. The van der Waals surface area contributed by atoms with E-state index in [4.69, 9.17) is 0 Å². The third-order valence-electron chi connectivity index (χ3n) is 8.11. The van der Waals surface area contributed by atoms with Gasteiger partial charge in [0.1, 0.15) is 5.75 Å². The summed E-state index contributed by atoms with van der Waals surface area (Å²) in [6, 6.07) is 19.7. The number of aryl methyl sites for hydroxylation is 4. The van der Waals surface area contributed by atoms with E-state index >= 15 is 0 Å². The fourth-order valence-corrected chi connectivity index (χ4v) is 6.26. The van der Waals surface area contributed by atoms with E-state index in [2.05, 4.69) is 69.5 Å². The van der Waals surface area contributed by atoms with E-state index < -0.39 is 0 Å². The first-order chi connectivity index (χ1) is 19.4. The van der Waals surface area contributed by atoms with Crippen molar-refractivity contribution in [3.63, 3.8) is 0 Å². The van der Waals surface area contributed by atoms with Gasteiger partial charge in [-0.15, -0.1) is 0 Å². The minimum atomic E-state index is -0.296. The zero-order valence-electron chi connectivity index (χ0n) is 22.6. The SMILES string of the molecule is Cc1cn(Cc2cn(C)cn2)c2cc(CCCc3[nH]c4ccccc4c3C3NC(=O)c4ccc(O)cc43)ccc12. The topological polar surface area (TPSA) is 87.9 Å². The van der Waals surface area contributed by atoms with Crippen molar-refractivity contribution in [2.75, 3.05) is 0 Å². The molecule has 0 radical (unpaired) electrons. The summed E-state index contributed by atoms with van der Waals surface area (Å²) in [5.41, 5.74) is 9.56. The molecule has 4 heterocycles. The standard InChI is InChI=1S/C33H31N5O2/c1-20-16-38(18-22-17-37(2)19-34-22)30-14-21(10-12-24(20)30)6-5-9-29-31(26-7-3-4-8-28(26)35-29)32-27-15-23(39)11-13-25(27)33(40)36-32/h3-4,7-8,10-17,19,32,35,39H,5-6,9,18H2,1-2H3,(H,36,40). The first kappa shape index (κ1) is 24.3. The maximum absolute atomic E-state index is 12.8. The number of aromatic nitrogens is 4. The van der Waals surface area contributed by atoms with Gasteiger partial charge in [0.15, 0.2) is 0 Å². The maximum atomic E-state index is 12.8. The number of fused-ring (bicyclic) bond motifs is 3. The second-order valence-electron chi connectivity index (χ2n) is 10.9. The molecule has 1 aliphatic rings. The van der Waals surface area contributed by atoms with Crippen LogP contribution in [0.3, 0.4) is 0 Å². The van der Waals surface area contributed by atoms with E-state index in [-0.39, 0.29) is 17.7 Å². The number of nitrogens with zero attached hydrogens (tertiary/aromatic N) is 3. The Kier molecular flexibility index (Phi) is 5.73. The van der Waals surface area contributed by atoms with Gasteiger partial charge in [-0.05, 0) is 73.2 Å². The van der Waals surface area contributed by atoms with Crippen molar-refractivity contribution in [3.8, 4) is 5.75 Å². The van der Waals surface area contributed by atoms with Gasteiger partial charge in [-0.1, -0.05) is 30.3 Å². The fourth-order valence-electron chi connectivity index (χ4n) is 6.26. The number of phenols is 1. The normalized spacial score (nSPS) is 14.8. The van der Waals surface area contributed by atoms with Crippen molar-refractivity contribution >= 4 is 27.7 Å². The molecule has 1 unspecified atom stereocenters. The Labute approximate surface area is 232 Å². The minimum absolute atomic E-state index is 0.103. The Morgan fingerprint density at radius 3 is 2.73 bits per heavy atom. The summed E-state index contributed by atoms with van der Waals surface area (Å²) in [4.78, 5) is 20.9. The number of hydrogen-bond acceptors (Lipinski definition) is 3. The number of carbonyl (C=O) groups is 1. The second-order valence-corrected chi connectivity index (χ2v) is 10.9. The largest absolute Gasteiger partial charge is 0.508 e. The molecule has 7 nitrogen and oxygen atoms in total. The van der Waals surface area contributed by atoms with Crippen molar-refractivity contribution in [1.29, 1.82) is 0 Å².